The standard InChI is InChI=1S/C22H26ClN3O4S2/c1-31(24,28)19-9-10-25(14-19)22(27)26-12-17(13-26)15-3-5-16(6-4-15)20-8-7-18(23)11-21(20)32(2,29)30/h3-8,11,17,19,24H,9-10,12-14H2,1-2H3. The second kappa shape index (κ2) is 8.35. The van der Waals surface area contributed by atoms with Crippen LogP contribution in [0, 0.1) is 4.78 Å². The van der Waals surface area contributed by atoms with E-state index in [9.17, 15) is 17.4 Å². The number of urea groups is 1. The molecule has 0 saturated carbocycles. The van der Waals surface area contributed by atoms with Gasteiger partial charge in [-0.2, -0.15) is 0 Å². The van der Waals surface area contributed by atoms with Crippen molar-refractivity contribution < 1.29 is 17.4 Å². The van der Waals surface area contributed by atoms with Gasteiger partial charge in [0.1, 0.15) is 0 Å². The molecule has 4 rings (SSSR count). The highest BCUT2D eigenvalue weighted by atomic mass is 35.5. The number of likely N-dealkylation sites (tertiary alicyclic amines) is 2. The number of halogens is 1. The molecule has 7 nitrogen and oxygen atoms in total. The van der Waals surface area contributed by atoms with Crippen LogP contribution in [0.15, 0.2) is 47.4 Å². The SMILES string of the molecule is CS(=N)(=O)C1CCN(C(=O)N2CC(c3ccc(-c4ccc(Cl)cc4S(C)(=O)=O)cc3)C2)C1. The van der Waals surface area contributed by atoms with Crippen LogP contribution in [0.1, 0.15) is 17.9 Å². The third kappa shape index (κ3) is 4.65. The van der Waals surface area contributed by atoms with Gasteiger partial charge in [0.2, 0.25) is 0 Å². The first-order valence-corrected chi connectivity index (χ1v) is 14.6. The number of rotatable bonds is 4. The lowest BCUT2D eigenvalue weighted by atomic mass is 9.90. The lowest BCUT2D eigenvalue weighted by molar-refractivity contribution is 0.121. The fourth-order valence-electron chi connectivity index (χ4n) is 4.29. The van der Waals surface area contributed by atoms with Gasteiger partial charge in [0, 0.05) is 64.9 Å². The van der Waals surface area contributed by atoms with Crippen molar-refractivity contribution in [2.24, 2.45) is 0 Å². The first kappa shape index (κ1) is 23.1. The Kier molecular flexibility index (Phi) is 6.02. The van der Waals surface area contributed by atoms with Gasteiger partial charge in [0.25, 0.3) is 0 Å². The molecule has 2 aliphatic heterocycles. The largest absolute Gasteiger partial charge is 0.323 e. The van der Waals surface area contributed by atoms with Crippen molar-refractivity contribution >= 4 is 37.2 Å². The predicted octanol–water partition coefficient (Wildman–Crippen LogP) is 3.68. The van der Waals surface area contributed by atoms with E-state index in [0.29, 0.717) is 43.2 Å². The van der Waals surface area contributed by atoms with Crippen LogP contribution in [0.4, 0.5) is 4.79 Å². The van der Waals surface area contributed by atoms with E-state index in [4.69, 9.17) is 16.4 Å². The second-order valence-corrected chi connectivity index (χ2v) is 13.6. The van der Waals surface area contributed by atoms with E-state index < -0.39 is 19.6 Å². The number of amides is 2. The molecule has 10 heteroatoms. The maximum atomic E-state index is 12.7. The lowest BCUT2D eigenvalue weighted by Gasteiger charge is -2.41. The first-order chi connectivity index (χ1) is 14.9. The van der Waals surface area contributed by atoms with Gasteiger partial charge in [-0.3, -0.25) is 4.78 Å². The molecule has 0 radical (unpaired) electrons. The maximum Gasteiger partial charge on any atom is 0.320 e. The van der Waals surface area contributed by atoms with Crippen molar-refractivity contribution in [3.8, 4) is 11.1 Å². The van der Waals surface area contributed by atoms with Crippen LogP contribution in [0.2, 0.25) is 5.02 Å². The molecule has 172 valence electrons. The summed E-state index contributed by atoms with van der Waals surface area (Å²) in [4.78, 5) is 16.4. The quantitative estimate of drug-likeness (QED) is 0.699. The summed E-state index contributed by atoms with van der Waals surface area (Å²) in [5.41, 5.74) is 2.49. The van der Waals surface area contributed by atoms with Gasteiger partial charge in [-0.15, -0.1) is 0 Å². The van der Waals surface area contributed by atoms with E-state index in [1.807, 2.05) is 24.3 Å². The van der Waals surface area contributed by atoms with Gasteiger partial charge in [-0.25, -0.2) is 17.4 Å². The van der Waals surface area contributed by atoms with E-state index >= 15 is 0 Å². The van der Waals surface area contributed by atoms with Gasteiger partial charge in [0.05, 0.1) is 10.1 Å². The minimum Gasteiger partial charge on any atom is -0.323 e. The first-order valence-electron chi connectivity index (χ1n) is 10.3. The highest BCUT2D eigenvalue weighted by Gasteiger charge is 2.38. The molecular weight excluding hydrogens is 470 g/mol. The van der Waals surface area contributed by atoms with Gasteiger partial charge >= 0.3 is 6.03 Å². The smallest absolute Gasteiger partial charge is 0.320 e. The minimum atomic E-state index is -3.43. The molecule has 2 heterocycles. The van der Waals surface area contributed by atoms with Crippen LogP contribution in [0.3, 0.4) is 0 Å². The molecule has 2 saturated heterocycles. The predicted molar refractivity (Wildman–Crippen MR) is 126 cm³/mol. The molecule has 2 aromatic carbocycles. The zero-order valence-electron chi connectivity index (χ0n) is 18.0. The zero-order valence-corrected chi connectivity index (χ0v) is 20.3. The third-order valence-electron chi connectivity index (χ3n) is 6.24. The Morgan fingerprint density at radius 1 is 1.00 bits per heavy atom. The van der Waals surface area contributed by atoms with Crippen molar-refractivity contribution in [2.45, 2.75) is 22.5 Å². The molecule has 32 heavy (non-hydrogen) atoms. The van der Waals surface area contributed by atoms with Gasteiger partial charge < -0.3 is 9.80 Å². The highest BCUT2D eigenvalue weighted by Crippen LogP contribution is 2.33. The number of nitrogens with zero attached hydrogens (tertiary/aromatic N) is 2. The summed E-state index contributed by atoms with van der Waals surface area (Å²) < 4.78 is 44.0. The number of carbonyl (C=O) groups excluding carboxylic acids is 1. The summed E-state index contributed by atoms with van der Waals surface area (Å²) in [5, 5.41) is 0.124. The van der Waals surface area contributed by atoms with Crippen molar-refractivity contribution in [1.82, 2.24) is 9.80 Å². The molecule has 2 unspecified atom stereocenters. The number of hydrogen-bond acceptors (Lipinski definition) is 5. The normalized spacial score (nSPS) is 21.3. The van der Waals surface area contributed by atoms with Crippen LogP contribution < -0.4 is 0 Å². The average Bonchev–Trinajstić information content (AvgIpc) is 3.17. The lowest BCUT2D eigenvalue weighted by Crippen LogP contribution is -2.53. The van der Waals surface area contributed by atoms with E-state index in [0.717, 1.165) is 11.1 Å². The molecule has 1 N–H and O–H groups in total. The molecule has 2 amide bonds. The Bertz CT molecular complexity index is 1250. The fourth-order valence-corrected chi connectivity index (χ4v) is 6.47. The van der Waals surface area contributed by atoms with Gasteiger partial charge in [0.15, 0.2) is 9.84 Å². The number of sulfone groups is 1. The van der Waals surface area contributed by atoms with Crippen molar-refractivity contribution in [3.63, 3.8) is 0 Å². The Hall–Kier alpha value is -2.10. The van der Waals surface area contributed by atoms with Gasteiger partial charge in [-0.1, -0.05) is 41.9 Å². The molecular formula is C22H26ClN3O4S2. The Morgan fingerprint density at radius 3 is 2.22 bits per heavy atom. The van der Waals surface area contributed by atoms with E-state index in [1.54, 1.807) is 21.9 Å². The highest BCUT2D eigenvalue weighted by molar-refractivity contribution is 7.92. The van der Waals surface area contributed by atoms with Crippen molar-refractivity contribution in [2.75, 3.05) is 38.7 Å². The van der Waals surface area contributed by atoms with Crippen LogP contribution in [0.25, 0.3) is 11.1 Å². The molecule has 2 aromatic rings. The van der Waals surface area contributed by atoms with Gasteiger partial charge in [-0.05, 0) is 29.7 Å². The number of nitrogens with one attached hydrogen (secondary N) is 1. The Morgan fingerprint density at radius 2 is 1.66 bits per heavy atom. The topological polar surface area (TPSA) is 98.6 Å². The van der Waals surface area contributed by atoms with Crippen molar-refractivity contribution in [3.05, 3.63) is 53.1 Å². The summed E-state index contributed by atoms with van der Waals surface area (Å²) in [6.07, 6.45) is 3.23. The Labute approximate surface area is 194 Å². The molecule has 0 bridgehead atoms. The summed E-state index contributed by atoms with van der Waals surface area (Å²) in [6.45, 7) is 2.15. The number of hydrogen-bond donors (Lipinski definition) is 1. The average molecular weight is 496 g/mol. The van der Waals surface area contributed by atoms with E-state index in [2.05, 4.69) is 0 Å². The molecule has 0 aliphatic carbocycles. The summed E-state index contributed by atoms with van der Waals surface area (Å²) in [5.74, 6) is 0.220. The van der Waals surface area contributed by atoms with E-state index in [1.165, 1.54) is 18.6 Å². The molecule has 2 fully saturated rings. The van der Waals surface area contributed by atoms with Crippen LogP contribution in [-0.2, 0) is 19.6 Å². The monoisotopic (exact) mass is 495 g/mol. The summed E-state index contributed by atoms with van der Waals surface area (Å²) in [6, 6.07) is 12.5. The summed E-state index contributed by atoms with van der Waals surface area (Å²) in [7, 11) is -6.06. The molecule has 2 atom stereocenters. The molecule has 0 spiro atoms. The Balaban J connectivity index is 1.42. The fraction of sp³-hybridized carbons (Fsp3) is 0.409. The van der Waals surface area contributed by atoms with E-state index in [-0.39, 0.29) is 22.1 Å². The summed E-state index contributed by atoms with van der Waals surface area (Å²) >= 11 is 6.00. The molecule has 0 aromatic heterocycles. The third-order valence-corrected chi connectivity index (χ3v) is 9.27. The van der Waals surface area contributed by atoms with Crippen LogP contribution >= 0.6 is 11.6 Å². The maximum absolute atomic E-state index is 12.7. The minimum absolute atomic E-state index is 0.0528. The zero-order chi connectivity index (χ0) is 23.3. The number of carbonyl (C=O) groups is 1. The second-order valence-electron chi connectivity index (χ2n) is 8.68. The number of benzene rings is 2. The molecule has 2 aliphatic rings. The van der Waals surface area contributed by atoms with Crippen LogP contribution in [-0.4, -0.2) is 72.4 Å². The van der Waals surface area contributed by atoms with Crippen LogP contribution in [0.5, 0.6) is 0 Å². The van der Waals surface area contributed by atoms with Crippen molar-refractivity contribution in [1.29, 1.82) is 4.78 Å².